The molecule has 15 heavy (non-hydrogen) atoms. The van der Waals surface area contributed by atoms with E-state index in [9.17, 15) is 9.90 Å². The summed E-state index contributed by atoms with van der Waals surface area (Å²) >= 11 is 0. The third-order valence-electron chi connectivity index (χ3n) is 2.11. The van der Waals surface area contributed by atoms with E-state index in [-0.39, 0.29) is 17.1 Å². The fraction of sp³-hybridized carbons (Fsp3) is 0.417. The number of benzene rings is 1. The third-order valence-corrected chi connectivity index (χ3v) is 2.11. The molecule has 0 bridgehead atoms. The maximum Gasteiger partial charge on any atom is 0.167 e. The van der Waals surface area contributed by atoms with Crippen molar-refractivity contribution < 1.29 is 14.6 Å². The Morgan fingerprint density at radius 2 is 2.20 bits per heavy atom. The summed E-state index contributed by atoms with van der Waals surface area (Å²) in [5.74, 6) is 0.270. The molecule has 0 saturated heterocycles. The minimum absolute atomic E-state index is 0.0171. The minimum atomic E-state index is -0.181. The molecular weight excluding hydrogens is 192 g/mol. The summed E-state index contributed by atoms with van der Waals surface area (Å²) in [5.41, 5.74) is 0.272. The first kappa shape index (κ1) is 11.6. The van der Waals surface area contributed by atoms with Crippen molar-refractivity contribution in [2.24, 2.45) is 0 Å². The quantitative estimate of drug-likeness (QED) is 0.597. The number of aromatic hydroxyl groups is 1. The van der Waals surface area contributed by atoms with Crippen LogP contribution in [0.15, 0.2) is 18.2 Å². The van der Waals surface area contributed by atoms with Gasteiger partial charge in [-0.15, -0.1) is 0 Å². The van der Waals surface area contributed by atoms with E-state index in [0.29, 0.717) is 12.4 Å². The van der Waals surface area contributed by atoms with Crippen molar-refractivity contribution >= 4 is 5.78 Å². The summed E-state index contributed by atoms with van der Waals surface area (Å²) in [5, 5.41) is 9.52. The first-order chi connectivity index (χ1) is 7.16. The lowest BCUT2D eigenvalue weighted by atomic mass is 10.1. The summed E-state index contributed by atoms with van der Waals surface area (Å²) < 4.78 is 5.44. The van der Waals surface area contributed by atoms with Gasteiger partial charge in [0, 0.05) is 0 Å². The Morgan fingerprint density at radius 1 is 1.47 bits per heavy atom. The maximum absolute atomic E-state index is 11.3. The van der Waals surface area contributed by atoms with Crippen molar-refractivity contribution in [3.05, 3.63) is 23.8 Å². The summed E-state index contributed by atoms with van der Waals surface area (Å²) in [6, 6.07) is 4.86. The van der Waals surface area contributed by atoms with Gasteiger partial charge >= 0.3 is 0 Å². The van der Waals surface area contributed by atoms with Crippen molar-refractivity contribution in [3.8, 4) is 11.5 Å². The number of hydrogen-bond donors (Lipinski definition) is 1. The molecule has 1 rings (SSSR count). The van der Waals surface area contributed by atoms with E-state index in [1.165, 1.54) is 13.0 Å². The van der Waals surface area contributed by atoms with Crippen LogP contribution in [0.4, 0.5) is 0 Å². The SMILES string of the molecule is CCCCOc1cccc(O)c1C(C)=O. The number of hydrogen-bond acceptors (Lipinski definition) is 3. The van der Waals surface area contributed by atoms with Crippen LogP contribution in [-0.2, 0) is 0 Å². The van der Waals surface area contributed by atoms with Crippen molar-refractivity contribution in [1.29, 1.82) is 0 Å². The van der Waals surface area contributed by atoms with Gasteiger partial charge in [0.25, 0.3) is 0 Å². The average Bonchev–Trinajstić information content (AvgIpc) is 2.17. The smallest absolute Gasteiger partial charge is 0.167 e. The van der Waals surface area contributed by atoms with E-state index in [1.54, 1.807) is 12.1 Å². The first-order valence-electron chi connectivity index (χ1n) is 5.12. The number of unbranched alkanes of at least 4 members (excludes halogenated alkanes) is 1. The van der Waals surface area contributed by atoms with Crippen LogP contribution in [0.2, 0.25) is 0 Å². The molecule has 0 radical (unpaired) electrons. The summed E-state index contributed by atoms with van der Waals surface area (Å²) in [6.45, 7) is 4.06. The normalized spacial score (nSPS) is 10.0. The molecule has 0 aliphatic heterocycles. The Bertz CT molecular complexity index is 345. The molecule has 0 atom stereocenters. The van der Waals surface area contributed by atoms with Gasteiger partial charge in [0.15, 0.2) is 5.78 Å². The lowest BCUT2D eigenvalue weighted by Gasteiger charge is -2.10. The van der Waals surface area contributed by atoms with Gasteiger partial charge in [-0.05, 0) is 25.5 Å². The molecule has 82 valence electrons. The third kappa shape index (κ3) is 2.98. The van der Waals surface area contributed by atoms with Gasteiger partial charge in [-0.3, -0.25) is 4.79 Å². The molecule has 0 aliphatic rings. The number of Topliss-reactive ketones (excluding diaryl/α,β-unsaturated/α-hetero) is 1. The molecule has 0 fully saturated rings. The fourth-order valence-corrected chi connectivity index (χ4v) is 1.32. The summed E-state index contributed by atoms with van der Waals surface area (Å²) in [6.07, 6.45) is 1.97. The van der Waals surface area contributed by atoms with Gasteiger partial charge in [0.05, 0.1) is 6.61 Å². The predicted molar refractivity (Wildman–Crippen MR) is 58.5 cm³/mol. The Hall–Kier alpha value is -1.51. The topological polar surface area (TPSA) is 46.5 Å². The van der Waals surface area contributed by atoms with Crippen LogP contribution in [0.5, 0.6) is 11.5 Å². The molecule has 0 aromatic heterocycles. The van der Waals surface area contributed by atoms with E-state index in [2.05, 4.69) is 6.92 Å². The van der Waals surface area contributed by atoms with Crippen molar-refractivity contribution in [3.63, 3.8) is 0 Å². The van der Waals surface area contributed by atoms with Gasteiger partial charge in [-0.25, -0.2) is 0 Å². The average molecular weight is 208 g/mol. The van der Waals surface area contributed by atoms with Crippen molar-refractivity contribution in [2.75, 3.05) is 6.61 Å². The highest BCUT2D eigenvalue weighted by Crippen LogP contribution is 2.27. The van der Waals surface area contributed by atoms with E-state index < -0.39 is 0 Å². The minimum Gasteiger partial charge on any atom is -0.507 e. The van der Waals surface area contributed by atoms with Crippen molar-refractivity contribution in [1.82, 2.24) is 0 Å². The molecule has 0 unspecified atom stereocenters. The molecule has 0 heterocycles. The number of carbonyl (C=O) groups excluding carboxylic acids is 1. The second kappa shape index (κ2) is 5.39. The first-order valence-corrected chi connectivity index (χ1v) is 5.12. The Balaban J connectivity index is 2.86. The monoisotopic (exact) mass is 208 g/mol. The molecule has 1 N–H and O–H groups in total. The number of ether oxygens (including phenoxy) is 1. The molecule has 0 saturated carbocycles. The zero-order valence-corrected chi connectivity index (χ0v) is 9.12. The van der Waals surface area contributed by atoms with Gasteiger partial charge in [0.1, 0.15) is 17.1 Å². The fourth-order valence-electron chi connectivity index (χ4n) is 1.32. The summed E-state index contributed by atoms with van der Waals surface area (Å²) in [7, 11) is 0. The second-order valence-electron chi connectivity index (χ2n) is 3.41. The zero-order chi connectivity index (χ0) is 11.3. The standard InChI is InChI=1S/C12H16O3/c1-3-4-8-15-11-7-5-6-10(14)12(11)9(2)13/h5-7,14H,3-4,8H2,1-2H3. The van der Waals surface area contributed by atoms with Crippen LogP contribution < -0.4 is 4.74 Å². The molecule has 0 amide bonds. The zero-order valence-electron chi connectivity index (χ0n) is 9.12. The summed E-state index contributed by atoms with van der Waals surface area (Å²) in [4.78, 5) is 11.3. The highest BCUT2D eigenvalue weighted by Gasteiger charge is 2.12. The van der Waals surface area contributed by atoms with Crippen LogP contribution in [-0.4, -0.2) is 17.5 Å². The van der Waals surface area contributed by atoms with E-state index in [1.807, 2.05) is 0 Å². The Morgan fingerprint density at radius 3 is 2.80 bits per heavy atom. The van der Waals surface area contributed by atoms with Gasteiger partial charge < -0.3 is 9.84 Å². The maximum atomic E-state index is 11.3. The molecule has 1 aromatic rings. The van der Waals surface area contributed by atoms with E-state index in [0.717, 1.165) is 12.8 Å². The van der Waals surface area contributed by atoms with Crippen LogP contribution in [0, 0.1) is 0 Å². The molecule has 3 heteroatoms. The number of phenols is 1. The second-order valence-corrected chi connectivity index (χ2v) is 3.41. The Labute approximate surface area is 89.7 Å². The number of phenolic OH excluding ortho intramolecular Hbond substituents is 1. The van der Waals surface area contributed by atoms with Crippen LogP contribution in [0.1, 0.15) is 37.0 Å². The number of carbonyl (C=O) groups is 1. The number of rotatable bonds is 5. The molecule has 3 nitrogen and oxygen atoms in total. The molecule has 0 aliphatic carbocycles. The predicted octanol–water partition coefficient (Wildman–Crippen LogP) is 2.77. The van der Waals surface area contributed by atoms with Crippen LogP contribution in [0.3, 0.4) is 0 Å². The van der Waals surface area contributed by atoms with E-state index in [4.69, 9.17) is 4.74 Å². The molecule has 0 spiro atoms. The van der Waals surface area contributed by atoms with E-state index >= 15 is 0 Å². The van der Waals surface area contributed by atoms with Gasteiger partial charge in [-0.1, -0.05) is 19.4 Å². The lowest BCUT2D eigenvalue weighted by Crippen LogP contribution is -2.02. The largest absolute Gasteiger partial charge is 0.507 e. The highest BCUT2D eigenvalue weighted by atomic mass is 16.5. The number of ketones is 1. The van der Waals surface area contributed by atoms with Crippen molar-refractivity contribution in [2.45, 2.75) is 26.7 Å². The van der Waals surface area contributed by atoms with Gasteiger partial charge in [0.2, 0.25) is 0 Å². The molecule has 1 aromatic carbocycles. The van der Waals surface area contributed by atoms with Crippen LogP contribution >= 0.6 is 0 Å². The highest BCUT2D eigenvalue weighted by molar-refractivity contribution is 5.99. The Kier molecular flexibility index (Phi) is 4.16. The van der Waals surface area contributed by atoms with Gasteiger partial charge in [-0.2, -0.15) is 0 Å². The lowest BCUT2D eigenvalue weighted by molar-refractivity contribution is 0.101. The van der Waals surface area contributed by atoms with Crippen LogP contribution in [0.25, 0.3) is 0 Å². The molecular formula is C12H16O3.